The second-order valence-electron chi connectivity index (χ2n) is 13.3. The molecule has 1 unspecified atom stereocenters. The molecule has 0 aromatic heterocycles. The number of rotatable bonds is 15. The zero-order valence-electron chi connectivity index (χ0n) is 29.5. The van der Waals surface area contributed by atoms with Gasteiger partial charge in [-0.1, -0.05) is 93.3 Å². The van der Waals surface area contributed by atoms with Crippen molar-refractivity contribution in [1.82, 2.24) is 26.2 Å². The fourth-order valence-corrected chi connectivity index (χ4v) is 7.02. The molecule has 4 rings (SSSR count). The largest absolute Gasteiger partial charge is 0.453 e. The lowest BCUT2D eigenvalue weighted by atomic mass is 9.83. The topological polar surface area (TPSA) is 180 Å². The number of methoxy groups -OCH3 is 1. The summed E-state index contributed by atoms with van der Waals surface area (Å²) in [5, 5.41) is 10.3. The van der Waals surface area contributed by atoms with Crippen LogP contribution in [0.1, 0.15) is 88.3 Å². The minimum atomic E-state index is -1.21. The van der Waals surface area contributed by atoms with Crippen molar-refractivity contribution in [3.05, 3.63) is 71.8 Å². The van der Waals surface area contributed by atoms with E-state index in [1.54, 1.807) is 37.3 Å². The molecule has 1 saturated carbocycles. The molecule has 2 aliphatic rings. The third-order valence-corrected chi connectivity index (χ3v) is 9.69. The Bertz CT molecular complexity index is 1550. The van der Waals surface area contributed by atoms with Crippen molar-refractivity contribution in [3.63, 3.8) is 0 Å². The number of likely N-dealkylation sites (tertiary alicyclic amines) is 1. The molecule has 2 aromatic rings. The van der Waals surface area contributed by atoms with E-state index in [1.165, 1.54) is 18.9 Å². The molecule has 5 amide bonds. The molecule has 0 radical (unpaired) electrons. The number of nitrogens with zero attached hydrogens (tertiary/aromatic N) is 1. The lowest BCUT2D eigenvalue weighted by molar-refractivity contribution is -0.143. The zero-order valence-corrected chi connectivity index (χ0v) is 29.5. The SMILES string of the molecule is CCCC(NC(=O)[C@@H]1C[C@@H](c2ccccc2)CN1C(=O)[C@@H](NC(=O)OC)C1CCCCC1)C(=O)C(=O)NCC(=O)N[C@H](C(C)=O)c1ccccc1. The normalized spacial score (nSPS) is 19.2. The molecule has 1 aliphatic carbocycles. The fourth-order valence-electron chi connectivity index (χ4n) is 7.02. The van der Waals surface area contributed by atoms with Crippen LogP contribution in [-0.2, 0) is 33.5 Å². The van der Waals surface area contributed by atoms with Gasteiger partial charge in [0.15, 0.2) is 5.78 Å². The highest BCUT2D eigenvalue weighted by atomic mass is 16.5. The number of ether oxygens (including phenoxy) is 1. The molecule has 13 heteroatoms. The van der Waals surface area contributed by atoms with Gasteiger partial charge in [-0.2, -0.15) is 0 Å². The van der Waals surface area contributed by atoms with Crippen LogP contribution in [-0.4, -0.2) is 84.5 Å². The van der Waals surface area contributed by atoms with Crippen molar-refractivity contribution >= 4 is 41.3 Å². The van der Waals surface area contributed by atoms with Crippen LogP contribution in [0, 0.1) is 5.92 Å². The van der Waals surface area contributed by atoms with Crippen LogP contribution < -0.4 is 21.3 Å². The summed E-state index contributed by atoms with van der Waals surface area (Å²) in [5.41, 5.74) is 1.52. The number of Topliss-reactive ketones (excluding diaryl/α,β-unsaturated/α-hetero) is 2. The summed E-state index contributed by atoms with van der Waals surface area (Å²) in [6, 6.07) is 14.1. The van der Waals surface area contributed by atoms with Crippen molar-refractivity contribution in [2.75, 3.05) is 20.2 Å². The number of alkyl carbamates (subject to hydrolysis) is 1. The second kappa shape index (κ2) is 18.8. The highest BCUT2D eigenvalue weighted by Crippen LogP contribution is 2.35. The van der Waals surface area contributed by atoms with Gasteiger partial charge in [0.1, 0.15) is 18.1 Å². The molecule has 5 atom stereocenters. The van der Waals surface area contributed by atoms with E-state index in [0.717, 1.165) is 37.7 Å². The predicted molar refractivity (Wildman–Crippen MR) is 188 cm³/mol. The quantitative estimate of drug-likeness (QED) is 0.204. The smallest absolute Gasteiger partial charge is 0.407 e. The van der Waals surface area contributed by atoms with E-state index in [4.69, 9.17) is 4.74 Å². The van der Waals surface area contributed by atoms with Crippen molar-refractivity contribution in [2.24, 2.45) is 5.92 Å². The van der Waals surface area contributed by atoms with Crippen LogP contribution in [0.5, 0.6) is 0 Å². The monoisotopic (exact) mass is 703 g/mol. The van der Waals surface area contributed by atoms with E-state index < -0.39 is 66.2 Å². The summed E-state index contributed by atoms with van der Waals surface area (Å²) in [7, 11) is 1.23. The number of nitrogens with one attached hydrogen (secondary N) is 4. The minimum Gasteiger partial charge on any atom is -0.453 e. The number of carbonyl (C=O) groups is 7. The van der Waals surface area contributed by atoms with Crippen LogP contribution in [0.3, 0.4) is 0 Å². The molecule has 0 spiro atoms. The summed E-state index contributed by atoms with van der Waals surface area (Å²) in [5.74, 6) is -4.28. The Hall–Kier alpha value is -5.07. The maximum absolute atomic E-state index is 14.3. The number of carbonyl (C=O) groups excluding carboxylic acids is 7. The predicted octanol–water partition coefficient (Wildman–Crippen LogP) is 3.09. The fraction of sp³-hybridized carbons (Fsp3) is 0.500. The van der Waals surface area contributed by atoms with Crippen molar-refractivity contribution in [3.8, 4) is 0 Å². The Morgan fingerprint density at radius 2 is 1.51 bits per heavy atom. The average molecular weight is 704 g/mol. The van der Waals surface area contributed by atoms with E-state index in [1.807, 2.05) is 30.3 Å². The van der Waals surface area contributed by atoms with Crippen molar-refractivity contribution < 1.29 is 38.3 Å². The van der Waals surface area contributed by atoms with Crippen LogP contribution >= 0.6 is 0 Å². The highest BCUT2D eigenvalue weighted by Gasteiger charge is 2.45. The third kappa shape index (κ3) is 10.5. The van der Waals surface area contributed by atoms with Gasteiger partial charge in [0.25, 0.3) is 5.91 Å². The van der Waals surface area contributed by atoms with Gasteiger partial charge in [-0.05, 0) is 49.7 Å². The lowest BCUT2D eigenvalue weighted by Crippen LogP contribution is -2.58. The number of benzene rings is 2. The first-order valence-corrected chi connectivity index (χ1v) is 17.7. The zero-order chi connectivity index (χ0) is 36.9. The Balaban J connectivity index is 1.47. The van der Waals surface area contributed by atoms with E-state index in [9.17, 15) is 33.6 Å². The highest BCUT2D eigenvalue weighted by molar-refractivity contribution is 6.38. The molecule has 274 valence electrons. The van der Waals surface area contributed by atoms with Crippen molar-refractivity contribution in [2.45, 2.75) is 95.3 Å². The standard InChI is InChI=1S/C38H49N5O8/c1-4-14-29(34(46)36(48)39-22-31(45)41-32(24(2)44)26-17-10-6-11-18-26)40-35(47)30-21-28(25-15-8-5-9-16-25)23-43(30)37(49)33(42-38(50)51-3)27-19-12-7-13-20-27/h5-6,8-11,15-18,27-30,32-33H,4,7,12-14,19-23H2,1-3H3,(H,39,48)(H,40,47)(H,41,45)(H,42,50)/t28-,29?,30+,32-,33+/m1/s1. The Morgan fingerprint density at radius 3 is 2.12 bits per heavy atom. The maximum Gasteiger partial charge on any atom is 0.407 e. The van der Waals surface area contributed by atoms with E-state index in [-0.39, 0.29) is 37.0 Å². The first-order chi connectivity index (χ1) is 24.5. The first-order valence-electron chi connectivity index (χ1n) is 17.7. The molecule has 1 saturated heterocycles. The molecule has 1 aliphatic heterocycles. The molecule has 51 heavy (non-hydrogen) atoms. The Labute approximate surface area is 298 Å². The number of hydrogen-bond donors (Lipinski definition) is 4. The van der Waals surface area contributed by atoms with Crippen molar-refractivity contribution in [1.29, 1.82) is 0 Å². The molecule has 4 N–H and O–H groups in total. The van der Waals surface area contributed by atoms with Crippen LogP contribution in [0.15, 0.2) is 60.7 Å². The molecule has 1 heterocycles. The van der Waals surface area contributed by atoms with Crippen LogP contribution in [0.4, 0.5) is 4.79 Å². The molecule has 0 bridgehead atoms. The summed E-state index contributed by atoms with van der Waals surface area (Å²) >= 11 is 0. The van der Waals surface area contributed by atoms with Gasteiger partial charge in [-0.3, -0.25) is 28.8 Å². The minimum absolute atomic E-state index is 0.126. The summed E-state index contributed by atoms with van der Waals surface area (Å²) in [4.78, 5) is 93.4. The summed E-state index contributed by atoms with van der Waals surface area (Å²) < 4.78 is 4.85. The van der Waals surface area contributed by atoms with Gasteiger partial charge >= 0.3 is 6.09 Å². The summed E-state index contributed by atoms with van der Waals surface area (Å²) in [6.07, 6.45) is 4.50. The van der Waals surface area contributed by atoms with Gasteiger partial charge in [0, 0.05) is 12.5 Å². The molecular formula is C38H49N5O8. The van der Waals surface area contributed by atoms with Crippen LogP contribution in [0.25, 0.3) is 0 Å². The van der Waals surface area contributed by atoms with Gasteiger partial charge < -0.3 is 30.9 Å². The Kier molecular flexibility index (Phi) is 14.3. The van der Waals surface area contributed by atoms with Crippen LogP contribution in [0.2, 0.25) is 0 Å². The molecule has 13 nitrogen and oxygen atoms in total. The Morgan fingerprint density at radius 1 is 0.863 bits per heavy atom. The van der Waals surface area contributed by atoms with Gasteiger partial charge in [0.05, 0.1) is 19.7 Å². The third-order valence-electron chi connectivity index (χ3n) is 9.69. The second-order valence-corrected chi connectivity index (χ2v) is 13.3. The molecular weight excluding hydrogens is 654 g/mol. The summed E-state index contributed by atoms with van der Waals surface area (Å²) in [6.45, 7) is 2.80. The first kappa shape index (κ1) is 38.7. The maximum atomic E-state index is 14.3. The van der Waals surface area contributed by atoms with Gasteiger partial charge in [-0.15, -0.1) is 0 Å². The lowest BCUT2D eigenvalue weighted by Gasteiger charge is -2.34. The van der Waals surface area contributed by atoms with E-state index in [0.29, 0.717) is 12.0 Å². The van der Waals surface area contributed by atoms with E-state index >= 15 is 0 Å². The van der Waals surface area contributed by atoms with Gasteiger partial charge in [-0.25, -0.2) is 4.79 Å². The molecule has 2 fully saturated rings. The van der Waals surface area contributed by atoms with Gasteiger partial charge in [0.2, 0.25) is 23.5 Å². The number of amides is 5. The number of hydrogen-bond acceptors (Lipinski definition) is 8. The molecule has 2 aromatic carbocycles. The average Bonchev–Trinajstić information content (AvgIpc) is 3.61. The van der Waals surface area contributed by atoms with E-state index in [2.05, 4.69) is 21.3 Å². The number of ketones is 2.